The number of amides is 1. The molecular weight excluding hydrogens is 350 g/mol. The van der Waals surface area contributed by atoms with Gasteiger partial charge in [0.15, 0.2) is 0 Å². The molecule has 28 heavy (non-hydrogen) atoms. The SMILES string of the molecule is CCc1nc(N(CC)c2ccccc2N2CCC2)c2cccc(C(N)=O)c2n1. The zero-order valence-electron chi connectivity index (χ0n) is 16.4. The minimum absolute atomic E-state index is 0.433. The monoisotopic (exact) mass is 375 g/mol. The molecule has 1 saturated heterocycles. The summed E-state index contributed by atoms with van der Waals surface area (Å²) in [6.45, 7) is 7.03. The number of aryl methyl sites for hydroxylation is 1. The summed E-state index contributed by atoms with van der Waals surface area (Å²) in [5.74, 6) is 1.05. The molecule has 0 aliphatic carbocycles. The van der Waals surface area contributed by atoms with E-state index in [1.54, 1.807) is 6.07 Å². The second kappa shape index (κ2) is 7.46. The summed E-state index contributed by atoms with van der Waals surface area (Å²) in [6, 6.07) is 14.0. The van der Waals surface area contributed by atoms with Crippen LogP contribution >= 0.6 is 0 Å². The van der Waals surface area contributed by atoms with Crippen molar-refractivity contribution in [3.8, 4) is 0 Å². The molecule has 0 bridgehead atoms. The molecule has 144 valence electrons. The predicted molar refractivity (Wildman–Crippen MR) is 113 cm³/mol. The molecule has 1 aromatic heterocycles. The van der Waals surface area contributed by atoms with Gasteiger partial charge in [-0.25, -0.2) is 9.97 Å². The van der Waals surface area contributed by atoms with Crippen LogP contribution in [0.2, 0.25) is 0 Å². The van der Waals surface area contributed by atoms with Crippen molar-refractivity contribution in [1.82, 2.24) is 9.97 Å². The molecule has 0 atom stereocenters. The first-order chi connectivity index (χ1) is 13.6. The minimum Gasteiger partial charge on any atom is -0.370 e. The summed E-state index contributed by atoms with van der Waals surface area (Å²) < 4.78 is 0. The van der Waals surface area contributed by atoms with Gasteiger partial charge in [-0.15, -0.1) is 0 Å². The Bertz CT molecular complexity index is 1030. The molecule has 4 rings (SSSR count). The van der Waals surface area contributed by atoms with E-state index in [9.17, 15) is 4.79 Å². The van der Waals surface area contributed by atoms with E-state index in [-0.39, 0.29) is 0 Å². The van der Waals surface area contributed by atoms with Crippen molar-refractivity contribution < 1.29 is 4.79 Å². The van der Waals surface area contributed by atoms with Crippen molar-refractivity contribution >= 4 is 34.0 Å². The van der Waals surface area contributed by atoms with Crippen LogP contribution in [0.3, 0.4) is 0 Å². The van der Waals surface area contributed by atoms with E-state index in [1.807, 2.05) is 19.1 Å². The van der Waals surface area contributed by atoms with Gasteiger partial charge in [0.2, 0.25) is 0 Å². The molecule has 1 aliphatic rings. The summed E-state index contributed by atoms with van der Waals surface area (Å²) in [7, 11) is 0. The third-order valence-electron chi connectivity index (χ3n) is 5.28. The fourth-order valence-electron chi connectivity index (χ4n) is 3.69. The van der Waals surface area contributed by atoms with Gasteiger partial charge in [0, 0.05) is 31.4 Å². The van der Waals surface area contributed by atoms with Gasteiger partial charge in [-0.1, -0.05) is 25.1 Å². The van der Waals surface area contributed by atoms with Gasteiger partial charge in [-0.3, -0.25) is 4.79 Å². The van der Waals surface area contributed by atoms with Crippen LogP contribution in [-0.4, -0.2) is 35.5 Å². The van der Waals surface area contributed by atoms with Crippen LogP contribution in [-0.2, 0) is 6.42 Å². The first kappa shape index (κ1) is 18.2. The van der Waals surface area contributed by atoms with Gasteiger partial charge in [0.1, 0.15) is 11.6 Å². The smallest absolute Gasteiger partial charge is 0.250 e. The molecular formula is C22H25N5O. The lowest BCUT2D eigenvalue weighted by molar-refractivity contribution is 0.100. The number of anilines is 3. The normalized spacial score (nSPS) is 13.4. The number of carbonyl (C=O) groups excluding carboxylic acids is 1. The van der Waals surface area contributed by atoms with Crippen molar-refractivity contribution in [3.05, 3.63) is 53.9 Å². The molecule has 0 saturated carbocycles. The molecule has 1 fully saturated rings. The summed E-state index contributed by atoms with van der Waals surface area (Å²) in [5.41, 5.74) is 9.00. The first-order valence-corrected chi connectivity index (χ1v) is 9.85. The number of aromatic nitrogens is 2. The van der Waals surface area contributed by atoms with Crippen LogP contribution < -0.4 is 15.5 Å². The minimum atomic E-state index is -0.471. The molecule has 2 aromatic carbocycles. The van der Waals surface area contributed by atoms with Crippen molar-refractivity contribution in [2.45, 2.75) is 26.7 Å². The second-order valence-corrected chi connectivity index (χ2v) is 6.96. The summed E-state index contributed by atoms with van der Waals surface area (Å²) >= 11 is 0. The molecule has 3 aromatic rings. The van der Waals surface area contributed by atoms with E-state index in [4.69, 9.17) is 10.7 Å². The average molecular weight is 375 g/mol. The Morgan fingerprint density at radius 3 is 2.54 bits per heavy atom. The standard InChI is InChI=1S/C22H25N5O/c1-3-19-24-20-15(21(23)28)9-7-10-16(20)22(25-19)27(4-2)18-12-6-5-11-17(18)26-13-8-14-26/h5-7,9-12H,3-4,8,13-14H2,1-2H3,(H2,23,28). The van der Waals surface area contributed by atoms with E-state index >= 15 is 0 Å². The van der Waals surface area contributed by atoms with Gasteiger partial charge >= 0.3 is 0 Å². The van der Waals surface area contributed by atoms with E-state index < -0.39 is 5.91 Å². The van der Waals surface area contributed by atoms with Crippen LogP contribution in [0.25, 0.3) is 10.9 Å². The third kappa shape index (κ3) is 3.05. The van der Waals surface area contributed by atoms with Crippen molar-refractivity contribution in [1.29, 1.82) is 0 Å². The number of carbonyl (C=O) groups is 1. The Hall–Kier alpha value is -3.15. The summed E-state index contributed by atoms with van der Waals surface area (Å²) in [4.78, 5) is 26.0. The Balaban J connectivity index is 1.94. The van der Waals surface area contributed by atoms with Gasteiger partial charge in [-0.2, -0.15) is 0 Å². The number of primary amides is 1. The van der Waals surface area contributed by atoms with Crippen molar-refractivity contribution in [2.75, 3.05) is 29.4 Å². The molecule has 2 heterocycles. The second-order valence-electron chi connectivity index (χ2n) is 6.96. The Labute approximate surface area is 165 Å². The number of hydrogen-bond acceptors (Lipinski definition) is 5. The van der Waals surface area contributed by atoms with E-state index in [1.165, 1.54) is 12.1 Å². The molecule has 0 radical (unpaired) electrons. The van der Waals surface area contributed by atoms with Gasteiger partial charge in [0.05, 0.1) is 22.5 Å². The van der Waals surface area contributed by atoms with Crippen LogP contribution in [0, 0.1) is 0 Å². The molecule has 1 aliphatic heterocycles. The number of para-hydroxylation sites is 3. The number of benzene rings is 2. The molecule has 0 unspecified atom stereocenters. The highest BCUT2D eigenvalue weighted by Crippen LogP contribution is 2.38. The Morgan fingerprint density at radius 2 is 1.89 bits per heavy atom. The molecule has 6 nitrogen and oxygen atoms in total. The van der Waals surface area contributed by atoms with Crippen LogP contribution in [0.1, 0.15) is 36.5 Å². The highest BCUT2D eigenvalue weighted by atomic mass is 16.1. The predicted octanol–water partition coefficient (Wildman–Crippen LogP) is 3.66. The molecule has 1 amide bonds. The molecule has 2 N–H and O–H groups in total. The zero-order chi connectivity index (χ0) is 19.7. The molecule has 0 spiro atoms. The van der Waals surface area contributed by atoms with Crippen LogP contribution in [0.4, 0.5) is 17.2 Å². The quantitative estimate of drug-likeness (QED) is 0.712. The van der Waals surface area contributed by atoms with E-state index in [2.05, 4.69) is 46.0 Å². The van der Waals surface area contributed by atoms with Crippen LogP contribution in [0.15, 0.2) is 42.5 Å². The topological polar surface area (TPSA) is 75.3 Å². The summed E-state index contributed by atoms with van der Waals surface area (Å²) in [5, 5.41) is 0.841. The van der Waals surface area contributed by atoms with Crippen LogP contribution in [0.5, 0.6) is 0 Å². The average Bonchev–Trinajstić information content (AvgIpc) is 2.67. The van der Waals surface area contributed by atoms with Gasteiger partial charge in [0.25, 0.3) is 5.91 Å². The lowest BCUT2D eigenvalue weighted by Crippen LogP contribution is -2.38. The van der Waals surface area contributed by atoms with Crippen molar-refractivity contribution in [2.24, 2.45) is 5.73 Å². The highest BCUT2D eigenvalue weighted by Gasteiger charge is 2.23. The maximum Gasteiger partial charge on any atom is 0.250 e. The summed E-state index contributed by atoms with van der Waals surface area (Å²) in [6.07, 6.45) is 1.90. The van der Waals surface area contributed by atoms with E-state index in [0.29, 0.717) is 23.3 Å². The first-order valence-electron chi connectivity index (χ1n) is 9.85. The Kier molecular flexibility index (Phi) is 4.86. The largest absolute Gasteiger partial charge is 0.370 e. The third-order valence-corrected chi connectivity index (χ3v) is 5.28. The molecule has 6 heteroatoms. The maximum atomic E-state index is 12.0. The zero-order valence-corrected chi connectivity index (χ0v) is 16.4. The lowest BCUT2D eigenvalue weighted by atomic mass is 10.1. The van der Waals surface area contributed by atoms with Gasteiger partial charge in [-0.05, 0) is 37.6 Å². The Morgan fingerprint density at radius 1 is 1.11 bits per heavy atom. The highest BCUT2D eigenvalue weighted by molar-refractivity contribution is 6.07. The van der Waals surface area contributed by atoms with Crippen molar-refractivity contribution in [3.63, 3.8) is 0 Å². The van der Waals surface area contributed by atoms with E-state index in [0.717, 1.165) is 36.5 Å². The fourth-order valence-corrected chi connectivity index (χ4v) is 3.69. The lowest BCUT2D eigenvalue weighted by Gasteiger charge is -2.37. The number of nitrogens with two attached hydrogens (primary N) is 1. The number of hydrogen-bond donors (Lipinski definition) is 1. The number of nitrogens with zero attached hydrogens (tertiary/aromatic N) is 4. The number of rotatable bonds is 6. The van der Waals surface area contributed by atoms with Gasteiger partial charge < -0.3 is 15.5 Å². The fraction of sp³-hybridized carbons (Fsp3) is 0.318. The maximum absolute atomic E-state index is 12.0. The number of fused-ring (bicyclic) bond motifs is 1.